The number of benzene rings is 2. The van der Waals surface area contributed by atoms with Crippen LogP contribution in [0.15, 0.2) is 42.5 Å². The number of anilines is 1. The van der Waals surface area contributed by atoms with Crippen LogP contribution in [0.5, 0.6) is 0 Å². The molecular formula is C13H8ClF2NO. The molecule has 0 aromatic heterocycles. The van der Waals surface area contributed by atoms with Crippen molar-refractivity contribution in [2.75, 3.05) is 5.32 Å². The molecule has 5 heteroatoms. The lowest BCUT2D eigenvalue weighted by atomic mass is 10.2. The van der Waals surface area contributed by atoms with Crippen LogP contribution >= 0.6 is 11.6 Å². The Morgan fingerprint density at radius 2 is 1.89 bits per heavy atom. The van der Waals surface area contributed by atoms with Crippen LogP contribution in [-0.4, -0.2) is 5.91 Å². The molecule has 2 aromatic rings. The van der Waals surface area contributed by atoms with E-state index in [1.807, 2.05) is 0 Å². The zero-order valence-corrected chi connectivity index (χ0v) is 9.84. The summed E-state index contributed by atoms with van der Waals surface area (Å²) in [7, 11) is 0. The maximum Gasteiger partial charge on any atom is 0.255 e. The van der Waals surface area contributed by atoms with Gasteiger partial charge in [0, 0.05) is 10.6 Å². The van der Waals surface area contributed by atoms with Crippen LogP contribution < -0.4 is 5.32 Å². The van der Waals surface area contributed by atoms with E-state index in [-0.39, 0.29) is 11.3 Å². The van der Waals surface area contributed by atoms with Crippen LogP contribution in [0, 0.1) is 11.6 Å². The molecule has 0 bridgehead atoms. The van der Waals surface area contributed by atoms with E-state index in [1.165, 1.54) is 30.3 Å². The van der Waals surface area contributed by atoms with Crippen LogP contribution in [0.4, 0.5) is 14.5 Å². The second-order valence-corrected chi connectivity index (χ2v) is 4.03. The van der Waals surface area contributed by atoms with E-state index in [1.54, 1.807) is 0 Å². The number of carbonyl (C=O) groups excluding carboxylic acids is 1. The molecule has 2 aromatic carbocycles. The van der Waals surface area contributed by atoms with Gasteiger partial charge in [-0.1, -0.05) is 17.7 Å². The fourth-order valence-corrected chi connectivity index (χ4v) is 1.59. The fourth-order valence-electron chi connectivity index (χ4n) is 1.42. The third-order valence-corrected chi connectivity index (χ3v) is 2.50. The van der Waals surface area contributed by atoms with Gasteiger partial charge in [0.15, 0.2) is 0 Å². The minimum absolute atomic E-state index is 0.0447. The summed E-state index contributed by atoms with van der Waals surface area (Å²) in [4.78, 5) is 11.7. The molecule has 2 rings (SSSR count). The molecule has 0 radical (unpaired) electrons. The summed E-state index contributed by atoms with van der Waals surface area (Å²) >= 11 is 5.69. The Hall–Kier alpha value is -1.94. The summed E-state index contributed by atoms with van der Waals surface area (Å²) in [5.41, 5.74) is 0.0612. The molecule has 18 heavy (non-hydrogen) atoms. The summed E-state index contributed by atoms with van der Waals surface area (Å²) < 4.78 is 26.3. The lowest BCUT2D eigenvalue weighted by molar-refractivity contribution is 0.102. The zero-order valence-electron chi connectivity index (χ0n) is 9.08. The standard InChI is InChI=1S/C13H8ClF2NO/c14-9-4-5-11(16)12(7-9)17-13(18)8-2-1-3-10(15)6-8/h1-7H,(H,17,18). The van der Waals surface area contributed by atoms with Gasteiger partial charge in [0.2, 0.25) is 0 Å². The Balaban J connectivity index is 2.24. The van der Waals surface area contributed by atoms with E-state index in [0.717, 1.165) is 12.1 Å². The maximum atomic E-state index is 13.4. The summed E-state index contributed by atoms with van der Waals surface area (Å²) in [6.45, 7) is 0. The number of rotatable bonds is 2. The topological polar surface area (TPSA) is 29.1 Å². The smallest absolute Gasteiger partial charge is 0.255 e. The Kier molecular flexibility index (Phi) is 3.58. The van der Waals surface area contributed by atoms with Gasteiger partial charge in [-0.3, -0.25) is 4.79 Å². The van der Waals surface area contributed by atoms with Crippen molar-refractivity contribution in [3.05, 3.63) is 64.7 Å². The largest absolute Gasteiger partial charge is 0.319 e. The molecule has 0 saturated heterocycles. The molecule has 0 aliphatic heterocycles. The number of halogens is 3. The highest BCUT2D eigenvalue weighted by atomic mass is 35.5. The Labute approximate surface area is 107 Å². The quantitative estimate of drug-likeness (QED) is 0.879. The van der Waals surface area contributed by atoms with E-state index in [0.29, 0.717) is 5.02 Å². The lowest BCUT2D eigenvalue weighted by Gasteiger charge is -2.06. The molecule has 0 heterocycles. The number of hydrogen-bond acceptors (Lipinski definition) is 1. The molecule has 1 N–H and O–H groups in total. The van der Waals surface area contributed by atoms with E-state index in [2.05, 4.69) is 5.32 Å². The van der Waals surface area contributed by atoms with Gasteiger partial charge in [-0.25, -0.2) is 8.78 Å². The summed E-state index contributed by atoms with van der Waals surface area (Å²) in [6, 6.07) is 8.92. The van der Waals surface area contributed by atoms with Crippen molar-refractivity contribution in [1.82, 2.24) is 0 Å². The van der Waals surface area contributed by atoms with Crippen molar-refractivity contribution in [2.24, 2.45) is 0 Å². The molecule has 0 atom stereocenters. The second kappa shape index (κ2) is 5.14. The van der Waals surface area contributed by atoms with Gasteiger partial charge in [0.05, 0.1) is 5.69 Å². The summed E-state index contributed by atoms with van der Waals surface area (Å²) in [5, 5.41) is 2.63. The van der Waals surface area contributed by atoms with E-state index in [4.69, 9.17) is 11.6 Å². The van der Waals surface area contributed by atoms with Gasteiger partial charge < -0.3 is 5.32 Å². The predicted molar refractivity (Wildman–Crippen MR) is 65.8 cm³/mol. The predicted octanol–water partition coefficient (Wildman–Crippen LogP) is 3.87. The van der Waals surface area contributed by atoms with Gasteiger partial charge >= 0.3 is 0 Å². The minimum atomic E-state index is -0.607. The van der Waals surface area contributed by atoms with Gasteiger partial charge in [-0.2, -0.15) is 0 Å². The number of carbonyl (C=O) groups is 1. The van der Waals surface area contributed by atoms with Crippen LogP contribution in [0.2, 0.25) is 5.02 Å². The number of hydrogen-bond donors (Lipinski definition) is 1. The second-order valence-electron chi connectivity index (χ2n) is 3.59. The molecule has 0 aliphatic rings. The van der Waals surface area contributed by atoms with Crippen molar-refractivity contribution >= 4 is 23.2 Å². The average Bonchev–Trinajstić information content (AvgIpc) is 2.34. The van der Waals surface area contributed by atoms with Crippen molar-refractivity contribution in [1.29, 1.82) is 0 Å². The molecule has 0 spiro atoms. The third kappa shape index (κ3) is 2.84. The van der Waals surface area contributed by atoms with Crippen molar-refractivity contribution < 1.29 is 13.6 Å². The monoisotopic (exact) mass is 267 g/mol. The third-order valence-electron chi connectivity index (χ3n) is 2.26. The fraction of sp³-hybridized carbons (Fsp3) is 0. The molecule has 0 saturated carbocycles. The highest BCUT2D eigenvalue weighted by molar-refractivity contribution is 6.31. The minimum Gasteiger partial charge on any atom is -0.319 e. The normalized spacial score (nSPS) is 10.2. The first-order valence-corrected chi connectivity index (χ1v) is 5.46. The molecule has 0 unspecified atom stereocenters. The molecule has 1 amide bonds. The Bertz CT molecular complexity index is 601. The highest BCUT2D eigenvalue weighted by Gasteiger charge is 2.10. The van der Waals surface area contributed by atoms with Crippen LogP contribution in [0.3, 0.4) is 0 Å². The van der Waals surface area contributed by atoms with Gasteiger partial charge in [0.25, 0.3) is 5.91 Å². The molecule has 0 aliphatic carbocycles. The van der Waals surface area contributed by atoms with E-state index in [9.17, 15) is 13.6 Å². The number of amides is 1. The van der Waals surface area contributed by atoms with Crippen LogP contribution in [0.1, 0.15) is 10.4 Å². The first kappa shape index (κ1) is 12.5. The summed E-state index contributed by atoms with van der Waals surface area (Å²) in [5.74, 6) is -1.74. The van der Waals surface area contributed by atoms with Crippen molar-refractivity contribution in [3.8, 4) is 0 Å². The van der Waals surface area contributed by atoms with Crippen LogP contribution in [-0.2, 0) is 0 Å². The van der Waals surface area contributed by atoms with Crippen molar-refractivity contribution in [3.63, 3.8) is 0 Å². The molecule has 2 nitrogen and oxygen atoms in total. The Morgan fingerprint density at radius 3 is 2.61 bits per heavy atom. The van der Waals surface area contributed by atoms with Gasteiger partial charge in [-0.05, 0) is 36.4 Å². The van der Waals surface area contributed by atoms with Gasteiger partial charge in [0.1, 0.15) is 11.6 Å². The van der Waals surface area contributed by atoms with Crippen LogP contribution in [0.25, 0.3) is 0 Å². The molecular weight excluding hydrogens is 260 g/mol. The first-order chi connectivity index (χ1) is 8.56. The Morgan fingerprint density at radius 1 is 1.11 bits per heavy atom. The maximum absolute atomic E-state index is 13.4. The van der Waals surface area contributed by atoms with E-state index >= 15 is 0 Å². The van der Waals surface area contributed by atoms with Crippen molar-refractivity contribution in [2.45, 2.75) is 0 Å². The summed E-state index contributed by atoms with van der Waals surface area (Å²) in [6.07, 6.45) is 0. The highest BCUT2D eigenvalue weighted by Crippen LogP contribution is 2.20. The number of nitrogens with one attached hydrogen (secondary N) is 1. The zero-order chi connectivity index (χ0) is 13.1. The van der Waals surface area contributed by atoms with Gasteiger partial charge in [-0.15, -0.1) is 0 Å². The SMILES string of the molecule is O=C(Nc1cc(Cl)ccc1F)c1cccc(F)c1. The molecule has 0 fully saturated rings. The van der Waals surface area contributed by atoms with E-state index < -0.39 is 17.5 Å². The molecule has 92 valence electrons. The first-order valence-electron chi connectivity index (χ1n) is 5.08. The average molecular weight is 268 g/mol. The lowest BCUT2D eigenvalue weighted by Crippen LogP contribution is -2.13.